The normalized spacial score (nSPS) is 14.9. The largest absolute Gasteiger partial charge is 0.336 e. The molecule has 1 aromatic carbocycles. The number of para-hydroxylation sites is 1. The number of nitrogens with one attached hydrogen (secondary N) is 1. The second-order valence-corrected chi connectivity index (χ2v) is 3.03. The lowest BCUT2D eigenvalue weighted by Crippen LogP contribution is -2.31. The number of amides is 4. The molecule has 4 amide bonds. The smallest absolute Gasteiger partial charge is 0.269 e. The molecule has 0 atom stereocenters. The first-order chi connectivity index (χ1) is 7.65. The molecule has 1 heterocycles. The van der Waals surface area contributed by atoms with E-state index in [9.17, 15) is 14.4 Å². The molecule has 0 bridgehead atoms. The fourth-order valence-corrected chi connectivity index (χ4v) is 1.38. The number of urea groups is 1. The van der Waals surface area contributed by atoms with E-state index in [1.165, 1.54) is 12.1 Å². The van der Waals surface area contributed by atoms with Crippen molar-refractivity contribution in [1.82, 2.24) is 5.32 Å². The molecule has 1 aromatic rings. The third kappa shape index (κ3) is 1.31. The third-order valence-electron chi connectivity index (χ3n) is 2.09. The van der Waals surface area contributed by atoms with Crippen molar-refractivity contribution in [2.45, 2.75) is 0 Å². The molecule has 1 N–H and O–H groups in total. The Morgan fingerprint density at radius 2 is 1.88 bits per heavy atom. The molecule has 2 rings (SSSR count). The molecule has 78 valence electrons. The van der Waals surface area contributed by atoms with Crippen LogP contribution in [0.5, 0.6) is 0 Å². The summed E-state index contributed by atoms with van der Waals surface area (Å²) in [5.41, 5.74) is 0.263. The Balaban J connectivity index is 2.53. The van der Waals surface area contributed by atoms with Gasteiger partial charge in [0.25, 0.3) is 0 Å². The van der Waals surface area contributed by atoms with Crippen LogP contribution in [-0.2, 0) is 9.59 Å². The number of hydrogen-bond donors (Lipinski definition) is 1. The molecule has 0 spiro atoms. The molecule has 1 aliphatic heterocycles. The molecule has 0 saturated carbocycles. The van der Waals surface area contributed by atoms with Crippen LogP contribution in [0.25, 0.3) is 0 Å². The van der Waals surface area contributed by atoms with Gasteiger partial charge in [0.05, 0.1) is 11.3 Å². The van der Waals surface area contributed by atoms with E-state index in [2.05, 4.69) is 0 Å². The maximum Gasteiger partial charge on any atom is 0.336 e. The lowest BCUT2D eigenvalue weighted by molar-refractivity contribution is -0.134. The van der Waals surface area contributed by atoms with Gasteiger partial charge in [-0.15, -0.1) is 0 Å². The van der Waals surface area contributed by atoms with Crippen LogP contribution in [-0.4, -0.2) is 17.8 Å². The van der Waals surface area contributed by atoms with Crippen LogP contribution in [0, 0.1) is 11.3 Å². The highest BCUT2D eigenvalue weighted by molar-refractivity contribution is 6.53. The average molecular weight is 215 g/mol. The fourth-order valence-electron chi connectivity index (χ4n) is 1.38. The molecular formula is C10H5N3O3. The highest BCUT2D eigenvalue weighted by Gasteiger charge is 2.38. The van der Waals surface area contributed by atoms with Crippen LogP contribution >= 0.6 is 0 Å². The minimum Gasteiger partial charge on any atom is -0.269 e. The Hall–Kier alpha value is -2.68. The molecular weight excluding hydrogens is 210 g/mol. The maximum absolute atomic E-state index is 11.4. The van der Waals surface area contributed by atoms with E-state index < -0.39 is 17.8 Å². The minimum atomic E-state index is -0.988. The minimum absolute atomic E-state index is 0.110. The van der Waals surface area contributed by atoms with Crippen LogP contribution in [0.1, 0.15) is 5.56 Å². The van der Waals surface area contributed by atoms with Gasteiger partial charge in [0.2, 0.25) is 0 Å². The number of benzene rings is 1. The summed E-state index contributed by atoms with van der Waals surface area (Å²) in [4.78, 5) is 34.3. The van der Waals surface area contributed by atoms with Gasteiger partial charge in [0, 0.05) is 0 Å². The van der Waals surface area contributed by atoms with Crippen LogP contribution in [0.4, 0.5) is 10.5 Å². The van der Waals surface area contributed by atoms with Gasteiger partial charge in [-0.1, -0.05) is 12.1 Å². The second-order valence-electron chi connectivity index (χ2n) is 3.03. The first-order valence-corrected chi connectivity index (χ1v) is 4.33. The summed E-state index contributed by atoms with van der Waals surface area (Å²) in [6.45, 7) is 0. The van der Waals surface area contributed by atoms with Crippen LogP contribution in [0.3, 0.4) is 0 Å². The van der Waals surface area contributed by atoms with Gasteiger partial charge in [0.1, 0.15) is 6.07 Å². The third-order valence-corrected chi connectivity index (χ3v) is 2.09. The number of carbonyl (C=O) groups is 3. The van der Waals surface area contributed by atoms with Crippen LogP contribution in [0.2, 0.25) is 0 Å². The Morgan fingerprint density at radius 3 is 2.44 bits per heavy atom. The topological polar surface area (TPSA) is 90.3 Å². The van der Waals surface area contributed by atoms with E-state index >= 15 is 0 Å². The summed E-state index contributed by atoms with van der Waals surface area (Å²) < 4.78 is 0. The zero-order valence-electron chi connectivity index (χ0n) is 7.93. The van der Waals surface area contributed by atoms with Crippen molar-refractivity contribution in [2.75, 3.05) is 4.90 Å². The SMILES string of the molecule is N#Cc1ccccc1N1C(=O)NC(=O)C1=O. The number of nitrogens with zero attached hydrogens (tertiary/aromatic N) is 2. The van der Waals surface area contributed by atoms with Crippen molar-refractivity contribution >= 4 is 23.5 Å². The Kier molecular flexibility index (Phi) is 2.14. The number of carbonyl (C=O) groups excluding carboxylic acids is 3. The number of rotatable bonds is 1. The van der Waals surface area contributed by atoms with E-state index in [4.69, 9.17) is 5.26 Å². The van der Waals surface area contributed by atoms with Crippen molar-refractivity contribution in [1.29, 1.82) is 5.26 Å². The predicted molar refractivity (Wildman–Crippen MR) is 52.2 cm³/mol. The highest BCUT2D eigenvalue weighted by atomic mass is 16.2. The molecule has 0 aliphatic carbocycles. The fraction of sp³-hybridized carbons (Fsp3) is 0. The van der Waals surface area contributed by atoms with Crippen LogP contribution < -0.4 is 10.2 Å². The van der Waals surface area contributed by atoms with Gasteiger partial charge in [-0.05, 0) is 12.1 Å². The predicted octanol–water partition coefficient (Wildman–Crippen LogP) is 0.141. The van der Waals surface area contributed by atoms with Gasteiger partial charge in [-0.3, -0.25) is 14.9 Å². The van der Waals surface area contributed by atoms with Crippen molar-refractivity contribution in [3.05, 3.63) is 29.8 Å². The highest BCUT2D eigenvalue weighted by Crippen LogP contribution is 2.21. The Morgan fingerprint density at radius 1 is 1.19 bits per heavy atom. The number of imide groups is 2. The number of nitriles is 1. The van der Waals surface area contributed by atoms with E-state index in [0.29, 0.717) is 4.90 Å². The zero-order chi connectivity index (χ0) is 11.7. The Bertz CT molecular complexity index is 544. The van der Waals surface area contributed by atoms with E-state index in [0.717, 1.165) is 0 Å². The van der Waals surface area contributed by atoms with Gasteiger partial charge in [0.15, 0.2) is 0 Å². The molecule has 1 saturated heterocycles. The summed E-state index contributed by atoms with van der Waals surface area (Å²) in [6.07, 6.45) is 0. The molecule has 1 aliphatic rings. The summed E-state index contributed by atoms with van der Waals surface area (Å²) in [6, 6.07) is 7.06. The number of hydrogen-bond acceptors (Lipinski definition) is 4. The lowest BCUT2D eigenvalue weighted by Gasteiger charge is -2.12. The van der Waals surface area contributed by atoms with E-state index in [1.807, 2.05) is 11.4 Å². The van der Waals surface area contributed by atoms with E-state index in [1.54, 1.807) is 12.1 Å². The molecule has 1 fully saturated rings. The maximum atomic E-state index is 11.4. The van der Waals surface area contributed by atoms with Crippen molar-refractivity contribution in [3.8, 4) is 6.07 Å². The average Bonchev–Trinajstić information content (AvgIpc) is 2.53. The van der Waals surface area contributed by atoms with E-state index in [-0.39, 0.29) is 11.3 Å². The van der Waals surface area contributed by atoms with Crippen molar-refractivity contribution in [2.24, 2.45) is 0 Å². The first kappa shape index (κ1) is 9.86. The summed E-state index contributed by atoms with van der Waals surface area (Å²) in [5.74, 6) is -1.97. The molecule has 0 unspecified atom stereocenters. The summed E-state index contributed by atoms with van der Waals surface area (Å²) in [7, 11) is 0. The van der Waals surface area contributed by atoms with Crippen molar-refractivity contribution in [3.63, 3.8) is 0 Å². The Labute approximate surface area is 90.1 Å². The van der Waals surface area contributed by atoms with Gasteiger partial charge >= 0.3 is 17.8 Å². The summed E-state index contributed by atoms with van der Waals surface area (Å²) >= 11 is 0. The molecule has 6 heteroatoms. The van der Waals surface area contributed by atoms with Gasteiger partial charge in [-0.2, -0.15) is 5.26 Å². The van der Waals surface area contributed by atoms with Crippen LogP contribution in [0.15, 0.2) is 24.3 Å². The van der Waals surface area contributed by atoms with Gasteiger partial charge in [-0.25, -0.2) is 9.69 Å². The quantitative estimate of drug-likeness (QED) is 0.533. The van der Waals surface area contributed by atoms with Crippen molar-refractivity contribution < 1.29 is 14.4 Å². The molecule has 0 radical (unpaired) electrons. The molecule has 6 nitrogen and oxygen atoms in total. The molecule has 16 heavy (non-hydrogen) atoms. The molecule has 0 aromatic heterocycles. The van der Waals surface area contributed by atoms with Gasteiger partial charge < -0.3 is 0 Å². The second kappa shape index (κ2) is 3.47. The zero-order valence-corrected chi connectivity index (χ0v) is 7.93. The monoisotopic (exact) mass is 215 g/mol. The summed E-state index contributed by atoms with van der Waals surface area (Å²) in [5, 5.41) is 10.7. The first-order valence-electron chi connectivity index (χ1n) is 4.33. The lowest BCUT2D eigenvalue weighted by atomic mass is 10.2. The number of anilines is 1. The standard InChI is InChI=1S/C10H5N3O3/c11-5-6-3-1-2-4-7(6)13-9(15)8(14)12-10(13)16/h1-4H,(H,12,14,16).